The summed E-state index contributed by atoms with van der Waals surface area (Å²) in [7, 11) is 0. The predicted octanol–water partition coefficient (Wildman–Crippen LogP) is 2.23. The largest absolute Gasteiger partial charge is 0.370 e. The number of nitrogens with two attached hydrogens (primary N) is 1. The summed E-state index contributed by atoms with van der Waals surface area (Å²) in [5.41, 5.74) is 6.82. The molecule has 0 saturated carbocycles. The lowest BCUT2D eigenvalue weighted by Crippen LogP contribution is -2.36. The van der Waals surface area contributed by atoms with E-state index in [4.69, 9.17) is 5.73 Å². The van der Waals surface area contributed by atoms with Gasteiger partial charge in [-0.1, -0.05) is 0 Å². The second-order valence-electron chi connectivity index (χ2n) is 4.07. The molecule has 98 valence electrons. The molecule has 0 aliphatic heterocycles. The predicted molar refractivity (Wildman–Crippen MR) is 85.5 cm³/mol. The molecule has 0 radical (unpaired) electrons. The van der Waals surface area contributed by atoms with Crippen LogP contribution in [0.1, 0.15) is 29.4 Å². The third-order valence-corrected chi connectivity index (χ3v) is 3.25. The van der Waals surface area contributed by atoms with Crippen LogP contribution in [-0.2, 0) is 6.42 Å². The Labute approximate surface area is 124 Å². The molecule has 1 aromatic heterocycles. The molecule has 0 aliphatic rings. The highest BCUT2D eigenvalue weighted by atomic mass is 127. The van der Waals surface area contributed by atoms with E-state index in [1.807, 2.05) is 20.8 Å². The quantitative estimate of drug-likeness (QED) is 0.487. The normalized spacial score (nSPS) is 11.5. The molecular weight excluding hydrogens is 347 g/mol. The van der Waals surface area contributed by atoms with Crippen LogP contribution in [-0.4, -0.2) is 23.5 Å². The van der Waals surface area contributed by atoms with Crippen LogP contribution in [0, 0.1) is 13.8 Å². The number of nitrogens with zero attached hydrogens (tertiary/aromatic N) is 2. The Bertz CT molecular complexity index is 354. The Hall–Kier alpha value is -0.370. The van der Waals surface area contributed by atoms with Crippen molar-refractivity contribution in [3.05, 3.63) is 15.6 Å². The highest BCUT2D eigenvalue weighted by molar-refractivity contribution is 14.0. The fourth-order valence-electron chi connectivity index (χ4n) is 1.26. The molecular formula is C11H21IN4S. The van der Waals surface area contributed by atoms with Gasteiger partial charge >= 0.3 is 0 Å². The molecule has 0 aliphatic carbocycles. The van der Waals surface area contributed by atoms with Crippen LogP contribution in [0.25, 0.3) is 0 Å². The Balaban J connectivity index is 0.00000256. The number of guanidine groups is 1. The summed E-state index contributed by atoms with van der Waals surface area (Å²) in [6.07, 6.45) is 0.861. The van der Waals surface area contributed by atoms with Crippen molar-refractivity contribution in [3.63, 3.8) is 0 Å². The van der Waals surface area contributed by atoms with Gasteiger partial charge in [-0.3, -0.25) is 4.99 Å². The SMILES string of the molecule is Cc1nc(CCN=C(N)NC(C)C)sc1C.I. The number of aliphatic imine (C=N–C) groups is 1. The standard InChI is InChI=1S/C11H20N4S.HI/c1-7(2)14-11(12)13-6-5-10-15-8(3)9(4)16-10;/h7H,5-6H2,1-4H3,(H3,12,13,14);1H. The Morgan fingerprint density at radius 2 is 2.12 bits per heavy atom. The lowest BCUT2D eigenvalue weighted by atomic mass is 10.4. The van der Waals surface area contributed by atoms with Crippen molar-refractivity contribution in [1.82, 2.24) is 10.3 Å². The maximum Gasteiger partial charge on any atom is 0.188 e. The minimum atomic E-state index is 0. The number of aryl methyl sites for hydroxylation is 2. The molecule has 0 unspecified atom stereocenters. The van der Waals surface area contributed by atoms with E-state index in [0.29, 0.717) is 18.5 Å². The minimum Gasteiger partial charge on any atom is -0.370 e. The van der Waals surface area contributed by atoms with Crippen LogP contribution in [0.3, 0.4) is 0 Å². The zero-order valence-corrected chi connectivity index (χ0v) is 13.9. The van der Waals surface area contributed by atoms with E-state index in [1.54, 1.807) is 11.3 Å². The number of nitrogens with one attached hydrogen (secondary N) is 1. The smallest absolute Gasteiger partial charge is 0.188 e. The molecule has 0 amide bonds. The maximum atomic E-state index is 5.70. The van der Waals surface area contributed by atoms with E-state index in [2.05, 4.69) is 22.2 Å². The third-order valence-electron chi connectivity index (χ3n) is 2.12. The lowest BCUT2D eigenvalue weighted by Gasteiger charge is -2.07. The lowest BCUT2D eigenvalue weighted by molar-refractivity contribution is 0.723. The van der Waals surface area contributed by atoms with Crippen LogP contribution in [0.2, 0.25) is 0 Å². The summed E-state index contributed by atoms with van der Waals surface area (Å²) < 4.78 is 0. The van der Waals surface area contributed by atoms with E-state index in [1.165, 1.54) is 4.88 Å². The van der Waals surface area contributed by atoms with Gasteiger partial charge in [0.2, 0.25) is 0 Å². The Morgan fingerprint density at radius 1 is 1.47 bits per heavy atom. The molecule has 0 saturated heterocycles. The van der Waals surface area contributed by atoms with Gasteiger partial charge in [-0.15, -0.1) is 35.3 Å². The van der Waals surface area contributed by atoms with Gasteiger partial charge in [-0.05, 0) is 27.7 Å². The van der Waals surface area contributed by atoms with Crippen LogP contribution in [0.4, 0.5) is 0 Å². The fraction of sp³-hybridized carbons (Fsp3) is 0.636. The van der Waals surface area contributed by atoms with E-state index < -0.39 is 0 Å². The second kappa shape index (κ2) is 7.86. The number of thiazole rings is 1. The molecule has 0 atom stereocenters. The second-order valence-corrected chi connectivity index (χ2v) is 5.35. The van der Waals surface area contributed by atoms with Crippen molar-refractivity contribution in [3.8, 4) is 0 Å². The van der Waals surface area contributed by atoms with Gasteiger partial charge < -0.3 is 11.1 Å². The van der Waals surface area contributed by atoms with Gasteiger partial charge in [0.1, 0.15) is 0 Å². The summed E-state index contributed by atoms with van der Waals surface area (Å²) in [6, 6.07) is 0.327. The molecule has 1 rings (SSSR count). The maximum absolute atomic E-state index is 5.70. The molecule has 17 heavy (non-hydrogen) atoms. The molecule has 0 aromatic carbocycles. The molecule has 0 fully saturated rings. The molecule has 0 bridgehead atoms. The topological polar surface area (TPSA) is 63.3 Å². The van der Waals surface area contributed by atoms with Gasteiger partial charge in [0.25, 0.3) is 0 Å². The van der Waals surface area contributed by atoms with Gasteiger partial charge in [0.05, 0.1) is 10.7 Å². The van der Waals surface area contributed by atoms with E-state index in [9.17, 15) is 0 Å². The highest BCUT2D eigenvalue weighted by Gasteiger charge is 2.02. The number of hydrogen-bond acceptors (Lipinski definition) is 3. The first kappa shape index (κ1) is 16.6. The van der Waals surface area contributed by atoms with Gasteiger partial charge in [0.15, 0.2) is 5.96 Å². The Morgan fingerprint density at radius 3 is 2.59 bits per heavy atom. The fourth-order valence-corrected chi connectivity index (χ4v) is 2.18. The van der Waals surface area contributed by atoms with Gasteiger partial charge in [-0.2, -0.15) is 0 Å². The van der Waals surface area contributed by atoms with Gasteiger partial charge in [-0.25, -0.2) is 4.98 Å². The average Bonchev–Trinajstić information content (AvgIpc) is 2.44. The summed E-state index contributed by atoms with van der Waals surface area (Å²) >= 11 is 1.74. The first-order valence-corrected chi connectivity index (χ1v) is 6.30. The Kier molecular flexibility index (Phi) is 7.69. The molecule has 0 spiro atoms. The third kappa shape index (κ3) is 6.21. The zero-order valence-electron chi connectivity index (χ0n) is 10.8. The first-order valence-electron chi connectivity index (χ1n) is 5.48. The van der Waals surface area contributed by atoms with Crippen molar-refractivity contribution in [2.45, 2.75) is 40.2 Å². The van der Waals surface area contributed by atoms with Crippen molar-refractivity contribution < 1.29 is 0 Å². The van der Waals surface area contributed by atoms with E-state index in [0.717, 1.165) is 17.1 Å². The van der Waals surface area contributed by atoms with Gasteiger partial charge in [0, 0.05) is 23.9 Å². The first-order chi connectivity index (χ1) is 7.49. The molecule has 3 N–H and O–H groups in total. The highest BCUT2D eigenvalue weighted by Crippen LogP contribution is 2.16. The molecule has 1 heterocycles. The zero-order chi connectivity index (χ0) is 12.1. The summed E-state index contributed by atoms with van der Waals surface area (Å²) in [5, 5.41) is 4.19. The summed E-state index contributed by atoms with van der Waals surface area (Å²) in [5.74, 6) is 0.514. The molecule has 1 aromatic rings. The van der Waals surface area contributed by atoms with Crippen molar-refractivity contribution in [1.29, 1.82) is 0 Å². The van der Waals surface area contributed by atoms with Crippen LogP contribution in [0.15, 0.2) is 4.99 Å². The van der Waals surface area contributed by atoms with Crippen LogP contribution < -0.4 is 11.1 Å². The van der Waals surface area contributed by atoms with E-state index >= 15 is 0 Å². The monoisotopic (exact) mass is 368 g/mol. The molecule has 4 nitrogen and oxygen atoms in total. The van der Waals surface area contributed by atoms with Crippen LogP contribution >= 0.6 is 35.3 Å². The van der Waals surface area contributed by atoms with Crippen LogP contribution in [0.5, 0.6) is 0 Å². The van der Waals surface area contributed by atoms with Crippen molar-refractivity contribution in [2.75, 3.05) is 6.54 Å². The van der Waals surface area contributed by atoms with E-state index in [-0.39, 0.29) is 24.0 Å². The summed E-state index contributed by atoms with van der Waals surface area (Å²) in [6.45, 7) is 8.89. The number of aromatic nitrogens is 1. The number of halogens is 1. The summed E-state index contributed by atoms with van der Waals surface area (Å²) in [4.78, 5) is 9.99. The average molecular weight is 368 g/mol. The van der Waals surface area contributed by atoms with Crippen molar-refractivity contribution in [2.24, 2.45) is 10.7 Å². The molecule has 6 heteroatoms. The van der Waals surface area contributed by atoms with Crippen molar-refractivity contribution >= 4 is 41.3 Å². The number of hydrogen-bond donors (Lipinski definition) is 2. The minimum absolute atomic E-state index is 0. The number of rotatable bonds is 4.